The average Bonchev–Trinajstić information content (AvgIpc) is 3.16. The predicted octanol–water partition coefficient (Wildman–Crippen LogP) is 7.31. The molecule has 4 aromatic rings. The van der Waals surface area contributed by atoms with Crippen LogP contribution in [0, 0.1) is 0 Å². The minimum atomic E-state index is -0.0262. The number of carbonyl (C=O) groups excluding carboxylic acids is 2. The topological polar surface area (TPSA) is 71.2 Å². The van der Waals surface area contributed by atoms with E-state index in [0.717, 1.165) is 49.1 Å². The number of rotatable bonds is 11. The van der Waals surface area contributed by atoms with Gasteiger partial charge in [0.1, 0.15) is 0 Å². The molecule has 8 nitrogen and oxygen atoms in total. The van der Waals surface area contributed by atoms with Gasteiger partial charge in [0, 0.05) is 75.5 Å². The zero-order chi connectivity index (χ0) is 34.7. The lowest BCUT2D eigenvalue weighted by Crippen LogP contribution is -2.53. The van der Waals surface area contributed by atoms with E-state index in [2.05, 4.69) is 93.2 Å². The summed E-state index contributed by atoms with van der Waals surface area (Å²) in [4.78, 5) is 34.6. The summed E-state index contributed by atoms with van der Waals surface area (Å²) in [5.41, 5.74) is 4.85. The molecule has 2 fully saturated rings. The number of piperazine rings is 2. The lowest BCUT2D eigenvalue weighted by atomic mass is 9.96. The van der Waals surface area contributed by atoms with Gasteiger partial charge in [0.25, 0.3) is 0 Å². The van der Waals surface area contributed by atoms with Crippen molar-refractivity contribution in [3.05, 3.63) is 141 Å². The van der Waals surface area contributed by atoms with E-state index in [4.69, 9.17) is 23.2 Å². The van der Waals surface area contributed by atoms with E-state index < -0.39 is 0 Å². The third kappa shape index (κ3) is 9.37. The van der Waals surface area contributed by atoms with Crippen LogP contribution in [-0.2, 0) is 0 Å². The first kappa shape index (κ1) is 35.7. The molecule has 0 bridgehead atoms. The maximum absolute atomic E-state index is 13.0. The molecule has 0 aliphatic carbocycles. The van der Waals surface area contributed by atoms with Gasteiger partial charge in [-0.2, -0.15) is 0 Å². The summed E-state index contributed by atoms with van der Waals surface area (Å²) in [6, 6.07) is 37.3. The Morgan fingerprint density at radius 2 is 0.800 bits per heavy atom. The molecule has 6 rings (SSSR count). The molecule has 0 radical (unpaired) electrons. The average molecular weight is 714 g/mol. The number of nitrogens with zero attached hydrogens (tertiary/aromatic N) is 4. The van der Waals surface area contributed by atoms with Crippen LogP contribution in [0.4, 0.5) is 9.59 Å². The van der Waals surface area contributed by atoms with Crippen molar-refractivity contribution in [3.8, 4) is 0 Å². The molecule has 4 amide bonds. The number of hydrogen-bond donors (Lipinski definition) is 2. The minimum absolute atomic E-state index is 0.0262. The highest BCUT2D eigenvalue weighted by Gasteiger charge is 2.29. The lowest BCUT2D eigenvalue weighted by Gasteiger charge is -2.39. The van der Waals surface area contributed by atoms with E-state index in [-0.39, 0.29) is 24.1 Å². The summed E-state index contributed by atoms with van der Waals surface area (Å²) < 4.78 is 0. The summed E-state index contributed by atoms with van der Waals surface area (Å²) in [5, 5.41) is 7.61. The highest BCUT2D eigenvalue weighted by Crippen LogP contribution is 2.32. The van der Waals surface area contributed by atoms with Crippen LogP contribution in [0.2, 0.25) is 10.0 Å². The van der Waals surface area contributed by atoms with Crippen molar-refractivity contribution in [2.24, 2.45) is 0 Å². The fourth-order valence-corrected chi connectivity index (χ4v) is 7.27. The minimum Gasteiger partial charge on any atom is -0.338 e. The summed E-state index contributed by atoms with van der Waals surface area (Å²) in [6.45, 7) is 6.94. The second-order valence-electron chi connectivity index (χ2n) is 12.9. The molecule has 2 N–H and O–H groups in total. The first-order chi connectivity index (χ1) is 24.5. The monoisotopic (exact) mass is 712 g/mol. The van der Waals surface area contributed by atoms with Gasteiger partial charge in [-0.3, -0.25) is 9.80 Å². The standard InChI is InChI=1S/C40H46Cl2N6O2/c41-35-17-13-33(14-18-35)37(31-9-3-1-4-10-31)45-23-27-47(28-24-45)39(49)43-21-7-8-22-44-40(50)48-29-25-46(26-30-48)38(32-11-5-2-6-12-32)34-15-19-36(42)20-16-34/h1-6,9-20,37-38H,7-8,21-30H2,(H,43,49)(H,44,50). The summed E-state index contributed by atoms with van der Waals surface area (Å²) in [7, 11) is 0. The summed E-state index contributed by atoms with van der Waals surface area (Å²) in [6.07, 6.45) is 1.60. The summed E-state index contributed by atoms with van der Waals surface area (Å²) >= 11 is 12.4. The van der Waals surface area contributed by atoms with Gasteiger partial charge in [-0.25, -0.2) is 9.59 Å². The number of urea groups is 2. The van der Waals surface area contributed by atoms with Crippen LogP contribution in [0.15, 0.2) is 109 Å². The van der Waals surface area contributed by atoms with Crippen molar-refractivity contribution in [2.75, 3.05) is 65.4 Å². The Kier molecular flexibility index (Phi) is 12.7. The molecule has 2 atom stereocenters. The smallest absolute Gasteiger partial charge is 0.317 e. The van der Waals surface area contributed by atoms with Crippen molar-refractivity contribution in [2.45, 2.75) is 24.9 Å². The second kappa shape index (κ2) is 17.7. The van der Waals surface area contributed by atoms with Crippen molar-refractivity contribution in [3.63, 3.8) is 0 Å². The SMILES string of the molecule is O=C(NCCCCNC(=O)N1CCN(C(c2ccccc2)c2ccc(Cl)cc2)CC1)N1CCN(C(c2ccccc2)c2ccc(Cl)cc2)CC1. The fourth-order valence-electron chi connectivity index (χ4n) is 7.02. The second-order valence-corrected chi connectivity index (χ2v) is 13.8. The van der Waals surface area contributed by atoms with Gasteiger partial charge in [-0.15, -0.1) is 0 Å². The molecule has 2 unspecified atom stereocenters. The van der Waals surface area contributed by atoms with E-state index in [1.807, 2.05) is 46.2 Å². The van der Waals surface area contributed by atoms with Crippen LogP contribution < -0.4 is 10.6 Å². The fraction of sp³-hybridized carbons (Fsp3) is 0.350. The zero-order valence-corrected chi connectivity index (χ0v) is 29.9. The van der Waals surface area contributed by atoms with E-state index in [1.54, 1.807) is 0 Å². The van der Waals surface area contributed by atoms with E-state index in [1.165, 1.54) is 22.3 Å². The third-order valence-electron chi connectivity index (χ3n) is 9.69. The van der Waals surface area contributed by atoms with Gasteiger partial charge >= 0.3 is 12.1 Å². The number of hydrogen-bond acceptors (Lipinski definition) is 4. The van der Waals surface area contributed by atoms with Crippen molar-refractivity contribution in [1.29, 1.82) is 0 Å². The number of carbonyl (C=O) groups is 2. The Labute approximate surface area is 305 Å². The highest BCUT2D eigenvalue weighted by atomic mass is 35.5. The van der Waals surface area contributed by atoms with Crippen LogP contribution >= 0.6 is 23.2 Å². The molecule has 0 spiro atoms. The number of halogens is 2. The van der Waals surface area contributed by atoms with Crippen LogP contribution in [0.3, 0.4) is 0 Å². The number of benzene rings is 4. The quantitative estimate of drug-likeness (QED) is 0.160. The van der Waals surface area contributed by atoms with E-state index >= 15 is 0 Å². The molecule has 2 saturated heterocycles. The number of amides is 4. The van der Waals surface area contributed by atoms with Crippen molar-refractivity contribution >= 4 is 35.3 Å². The van der Waals surface area contributed by atoms with Gasteiger partial charge in [0.2, 0.25) is 0 Å². The van der Waals surface area contributed by atoms with Crippen molar-refractivity contribution < 1.29 is 9.59 Å². The van der Waals surface area contributed by atoms with Crippen LogP contribution in [0.5, 0.6) is 0 Å². The molecule has 262 valence electrons. The largest absolute Gasteiger partial charge is 0.338 e. The Hall–Kier alpha value is -4.08. The maximum atomic E-state index is 13.0. The Morgan fingerprint density at radius 3 is 1.14 bits per heavy atom. The van der Waals surface area contributed by atoms with Crippen LogP contribution in [0.25, 0.3) is 0 Å². The number of nitrogens with one attached hydrogen (secondary N) is 2. The molecular formula is C40H46Cl2N6O2. The van der Waals surface area contributed by atoms with Gasteiger partial charge in [0.15, 0.2) is 0 Å². The van der Waals surface area contributed by atoms with Crippen LogP contribution in [-0.4, -0.2) is 97.1 Å². The van der Waals surface area contributed by atoms with Crippen LogP contribution in [0.1, 0.15) is 47.2 Å². The Bertz CT molecular complexity index is 1520. The van der Waals surface area contributed by atoms with Crippen molar-refractivity contribution in [1.82, 2.24) is 30.2 Å². The normalized spacial score (nSPS) is 16.8. The molecule has 0 aromatic heterocycles. The Morgan fingerprint density at radius 1 is 0.480 bits per heavy atom. The zero-order valence-electron chi connectivity index (χ0n) is 28.4. The van der Waals surface area contributed by atoms with Gasteiger partial charge in [0.05, 0.1) is 12.1 Å². The van der Waals surface area contributed by atoms with Gasteiger partial charge in [-0.1, -0.05) is 108 Å². The van der Waals surface area contributed by atoms with E-state index in [9.17, 15) is 9.59 Å². The molecule has 10 heteroatoms. The Balaban J connectivity index is 0.890. The van der Waals surface area contributed by atoms with E-state index in [0.29, 0.717) is 39.3 Å². The molecule has 0 saturated carbocycles. The molecule has 2 aliphatic rings. The maximum Gasteiger partial charge on any atom is 0.317 e. The summed E-state index contributed by atoms with van der Waals surface area (Å²) in [5.74, 6) is 0. The first-order valence-corrected chi connectivity index (χ1v) is 18.4. The van der Waals surface area contributed by atoms with Gasteiger partial charge < -0.3 is 20.4 Å². The molecule has 2 aliphatic heterocycles. The number of unbranched alkanes of at least 4 members (excludes halogenated alkanes) is 1. The molecule has 4 aromatic carbocycles. The highest BCUT2D eigenvalue weighted by molar-refractivity contribution is 6.30. The van der Waals surface area contributed by atoms with Gasteiger partial charge in [-0.05, 0) is 59.4 Å². The first-order valence-electron chi connectivity index (χ1n) is 17.6. The molecular weight excluding hydrogens is 667 g/mol. The third-order valence-corrected chi connectivity index (χ3v) is 10.2. The molecule has 50 heavy (non-hydrogen) atoms. The predicted molar refractivity (Wildman–Crippen MR) is 202 cm³/mol. The molecule has 2 heterocycles. The lowest BCUT2D eigenvalue weighted by molar-refractivity contribution is 0.119.